The van der Waals surface area contributed by atoms with Gasteiger partial charge in [0.2, 0.25) is 0 Å². The fraction of sp³-hybridized carbons (Fsp3) is 0.867. The fourth-order valence-electron chi connectivity index (χ4n) is 2.63. The summed E-state index contributed by atoms with van der Waals surface area (Å²) in [6, 6.07) is -0.0617. The van der Waals surface area contributed by atoms with Gasteiger partial charge in [0.15, 0.2) is 0 Å². The maximum atomic E-state index is 11.9. The Labute approximate surface area is 121 Å². The van der Waals surface area contributed by atoms with Gasteiger partial charge in [-0.25, -0.2) is 4.79 Å². The Hall–Kier alpha value is -1.26. The van der Waals surface area contributed by atoms with Crippen LogP contribution in [-0.4, -0.2) is 29.7 Å². The molecule has 4 unspecified atom stereocenters. The van der Waals surface area contributed by atoms with E-state index in [2.05, 4.69) is 24.5 Å². The van der Waals surface area contributed by atoms with Crippen LogP contribution in [0.1, 0.15) is 53.4 Å². The van der Waals surface area contributed by atoms with Crippen LogP contribution in [0.2, 0.25) is 0 Å². The van der Waals surface area contributed by atoms with E-state index in [-0.39, 0.29) is 18.6 Å². The van der Waals surface area contributed by atoms with E-state index in [0.29, 0.717) is 18.3 Å². The van der Waals surface area contributed by atoms with Crippen LogP contribution in [0.25, 0.3) is 0 Å². The largest absolute Gasteiger partial charge is 0.481 e. The topological polar surface area (TPSA) is 78.4 Å². The lowest BCUT2D eigenvalue weighted by Crippen LogP contribution is -2.50. The molecule has 1 fully saturated rings. The van der Waals surface area contributed by atoms with Crippen molar-refractivity contribution >= 4 is 12.0 Å². The number of rotatable bonds is 5. The van der Waals surface area contributed by atoms with Gasteiger partial charge in [0, 0.05) is 12.6 Å². The van der Waals surface area contributed by atoms with Gasteiger partial charge in [-0.05, 0) is 31.6 Å². The molecule has 1 aliphatic rings. The molecule has 0 spiro atoms. The van der Waals surface area contributed by atoms with Crippen LogP contribution in [0.3, 0.4) is 0 Å². The van der Waals surface area contributed by atoms with E-state index in [1.165, 1.54) is 6.42 Å². The molecule has 0 aromatic heterocycles. The number of hydrogen-bond acceptors (Lipinski definition) is 2. The predicted octanol–water partition coefficient (Wildman–Crippen LogP) is 2.61. The van der Waals surface area contributed by atoms with Gasteiger partial charge in [-0.2, -0.15) is 0 Å². The van der Waals surface area contributed by atoms with E-state index in [1.54, 1.807) is 6.92 Å². The molecule has 116 valence electrons. The van der Waals surface area contributed by atoms with Crippen molar-refractivity contribution in [1.82, 2.24) is 10.6 Å². The van der Waals surface area contributed by atoms with E-state index in [0.717, 1.165) is 12.8 Å². The van der Waals surface area contributed by atoms with Crippen molar-refractivity contribution < 1.29 is 14.7 Å². The minimum Gasteiger partial charge on any atom is -0.481 e. The van der Waals surface area contributed by atoms with Crippen LogP contribution >= 0.6 is 0 Å². The average Bonchev–Trinajstić information content (AvgIpc) is 2.41. The van der Waals surface area contributed by atoms with Crippen LogP contribution < -0.4 is 10.6 Å². The Balaban J connectivity index is 2.46. The number of carbonyl (C=O) groups is 2. The summed E-state index contributed by atoms with van der Waals surface area (Å²) in [6.07, 6.45) is 3.84. The first kappa shape index (κ1) is 16.8. The third-order valence-corrected chi connectivity index (χ3v) is 4.96. The lowest BCUT2D eigenvalue weighted by Gasteiger charge is -2.34. The molecule has 0 aliphatic heterocycles. The van der Waals surface area contributed by atoms with Crippen molar-refractivity contribution in [2.24, 2.45) is 17.3 Å². The number of carbonyl (C=O) groups excluding carboxylic acids is 1. The molecule has 0 aromatic carbocycles. The van der Waals surface area contributed by atoms with E-state index in [1.807, 2.05) is 6.92 Å². The highest BCUT2D eigenvalue weighted by Crippen LogP contribution is 2.29. The Kier molecular flexibility index (Phi) is 5.84. The van der Waals surface area contributed by atoms with Crippen molar-refractivity contribution in [2.75, 3.05) is 6.54 Å². The van der Waals surface area contributed by atoms with Gasteiger partial charge in [0.05, 0.1) is 5.41 Å². The highest BCUT2D eigenvalue weighted by molar-refractivity contribution is 5.77. The lowest BCUT2D eigenvalue weighted by molar-refractivity contribution is -0.147. The second-order valence-corrected chi connectivity index (χ2v) is 6.42. The molecule has 2 amide bonds. The SMILES string of the molecule is CCC(C)(CNC(=O)NC1CCCC(C)C1C)C(=O)O. The first-order valence-electron chi connectivity index (χ1n) is 7.58. The maximum absolute atomic E-state index is 11.9. The smallest absolute Gasteiger partial charge is 0.315 e. The number of hydrogen-bond donors (Lipinski definition) is 3. The molecule has 0 bridgehead atoms. The molecule has 5 heteroatoms. The molecule has 4 atom stereocenters. The maximum Gasteiger partial charge on any atom is 0.315 e. The standard InChI is InChI=1S/C15H28N2O3/c1-5-15(4,13(18)19)9-16-14(20)17-12-8-6-7-10(2)11(12)3/h10-12H,5-9H2,1-4H3,(H,18,19)(H2,16,17,20). The predicted molar refractivity (Wildman–Crippen MR) is 78.5 cm³/mol. The minimum absolute atomic E-state index is 0.154. The normalized spacial score (nSPS) is 29.3. The van der Waals surface area contributed by atoms with Gasteiger partial charge < -0.3 is 15.7 Å². The zero-order chi connectivity index (χ0) is 15.3. The zero-order valence-electron chi connectivity index (χ0n) is 13.0. The van der Waals surface area contributed by atoms with Crippen LogP contribution in [0.5, 0.6) is 0 Å². The third kappa shape index (κ3) is 4.12. The second kappa shape index (κ2) is 6.95. The van der Waals surface area contributed by atoms with Crippen molar-refractivity contribution in [3.63, 3.8) is 0 Å². The van der Waals surface area contributed by atoms with Crippen molar-refractivity contribution in [1.29, 1.82) is 0 Å². The van der Waals surface area contributed by atoms with E-state index < -0.39 is 11.4 Å². The molecule has 0 saturated heterocycles. The van der Waals surface area contributed by atoms with Gasteiger partial charge in [0.25, 0.3) is 0 Å². The summed E-state index contributed by atoms with van der Waals surface area (Å²) in [5.74, 6) is 0.209. The molecule has 0 aromatic rings. The average molecular weight is 284 g/mol. The van der Waals surface area contributed by atoms with Gasteiger partial charge in [-0.3, -0.25) is 4.79 Å². The highest BCUT2D eigenvalue weighted by Gasteiger charge is 2.32. The van der Waals surface area contributed by atoms with Crippen molar-refractivity contribution in [3.8, 4) is 0 Å². The number of amides is 2. The Morgan fingerprint density at radius 2 is 1.95 bits per heavy atom. The van der Waals surface area contributed by atoms with Crippen molar-refractivity contribution in [2.45, 2.75) is 59.4 Å². The molecule has 0 heterocycles. The molecule has 20 heavy (non-hydrogen) atoms. The first-order valence-corrected chi connectivity index (χ1v) is 7.58. The fourth-order valence-corrected chi connectivity index (χ4v) is 2.63. The summed E-state index contributed by atoms with van der Waals surface area (Å²) in [5.41, 5.74) is -0.900. The number of aliphatic carboxylic acids is 1. The summed E-state index contributed by atoms with van der Waals surface area (Å²) in [6.45, 7) is 8.01. The minimum atomic E-state index is -0.900. The zero-order valence-corrected chi connectivity index (χ0v) is 13.0. The second-order valence-electron chi connectivity index (χ2n) is 6.42. The molecule has 1 rings (SSSR count). The van der Waals surface area contributed by atoms with E-state index in [9.17, 15) is 14.7 Å². The molecule has 5 nitrogen and oxygen atoms in total. The molecule has 1 aliphatic carbocycles. The van der Waals surface area contributed by atoms with Gasteiger partial charge in [-0.1, -0.05) is 33.6 Å². The quantitative estimate of drug-likeness (QED) is 0.726. The van der Waals surface area contributed by atoms with Gasteiger partial charge >= 0.3 is 12.0 Å². The Bertz CT molecular complexity index is 359. The van der Waals surface area contributed by atoms with E-state index >= 15 is 0 Å². The third-order valence-electron chi connectivity index (χ3n) is 4.96. The number of nitrogens with one attached hydrogen (secondary N) is 2. The Morgan fingerprint density at radius 3 is 2.50 bits per heavy atom. The summed E-state index contributed by atoms with van der Waals surface area (Å²) in [7, 11) is 0. The molecular weight excluding hydrogens is 256 g/mol. The monoisotopic (exact) mass is 284 g/mol. The highest BCUT2D eigenvalue weighted by atomic mass is 16.4. The summed E-state index contributed by atoms with van der Waals surface area (Å²) in [5, 5.41) is 14.9. The molecular formula is C15H28N2O3. The number of carboxylic acid groups (broad SMARTS) is 1. The van der Waals surface area contributed by atoms with Crippen LogP contribution in [-0.2, 0) is 4.79 Å². The number of carboxylic acids is 1. The molecule has 3 N–H and O–H groups in total. The van der Waals surface area contributed by atoms with Gasteiger partial charge in [0.1, 0.15) is 0 Å². The van der Waals surface area contributed by atoms with Crippen LogP contribution in [0.4, 0.5) is 4.79 Å². The first-order chi connectivity index (χ1) is 9.30. The summed E-state index contributed by atoms with van der Waals surface area (Å²) >= 11 is 0. The summed E-state index contributed by atoms with van der Waals surface area (Å²) < 4.78 is 0. The number of urea groups is 1. The Morgan fingerprint density at radius 1 is 1.30 bits per heavy atom. The van der Waals surface area contributed by atoms with E-state index in [4.69, 9.17) is 0 Å². The summed E-state index contributed by atoms with van der Waals surface area (Å²) in [4.78, 5) is 23.1. The lowest BCUT2D eigenvalue weighted by atomic mass is 9.78. The van der Waals surface area contributed by atoms with Crippen LogP contribution in [0, 0.1) is 17.3 Å². The van der Waals surface area contributed by atoms with Crippen LogP contribution in [0.15, 0.2) is 0 Å². The van der Waals surface area contributed by atoms with Gasteiger partial charge in [-0.15, -0.1) is 0 Å². The van der Waals surface area contributed by atoms with Crippen molar-refractivity contribution in [3.05, 3.63) is 0 Å². The molecule has 0 radical (unpaired) electrons. The molecule has 1 saturated carbocycles.